The van der Waals surface area contributed by atoms with Gasteiger partial charge >= 0.3 is 12.1 Å². The van der Waals surface area contributed by atoms with Gasteiger partial charge in [-0.2, -0.15) is 13.2 Å². The van der Waals surface area contributed by atoms with Gasteiger partial charge in [-0.25, -0.2) is 19.7 Å². The summed E-state index contributed by atoms with van der Waals surface area (Å²) >= 11 is 0. The van der Waals surface area contributed by atoms with Crippen molar-refractivity contribution in [3.63, 3.8) is 0 Å². The molecule has 3 heterocycles. The van der Waals surface area contributed by atoms with E-state index in [-0.39, 0.29) is 18.0 Å². The molecular formula is C26H25F3N6O2. The number of alkyl halides is 3. The van der Waals surface area contributed by atoms with Crippen LogP contribution in [0.5, 0.6) is 0 Å². The largest absolute Gasteiger partial charge is 0.463 e. The summed E-state index contributed by atoms with van der Waals surface area (Å²) in [4.78, 5) is 30.2. The molecule has 0 spiro atoms. The molecule has 1 aromatic carbocycles. The molecule has 0 amide bonds. The number of fused-ring (bicyclic) bond motifs is 1. The van der Waals surface area contributed by atoms with Crippen molar-refractivity contribution in [1.82, 2.24) is 24.5 Å². The summed E-state index contributed by atoms with van der Waals surface area (Å²) in [5.41, 5.74) is 1.24. The maximum absolute atomic E-state index is 13.1. The zero-order chi connectivity index (χ0) is 26.0. The molecule has 1 N–H and O–H groups in total. The first kappa shape index (κ1) is 24.7. The van der Waals surface area contributed by atoms with Gasteiger partial charge in [0.15, 0.2) is 17.3 Å². The van der Waals surface area contributed by atoms with Crippen LogP contribution >= 0.6 is 0 Å². The zero-order valence-corrected chi connectivity index (χ0v) is 20.1. The van der Waals surface area contributed by atoms with Gasteiger partial charge in [0, 0.05) is 19.3 Å². The van der Waals surface area contributed by atoms with E-state index in [1.54, 1.807) is 18.3 Å². The number of pyridine rings is 1. The summed E-state index contributed by atoms with van der Waals surface area (Å²) in [6.45, 7) is 0.834. The number of benzene rings is 1. The topological polar surface area (TPSA) is 94.8 Å². The van der Waals surface area contributed by atoms with Crippen molar-refractivity contribution >= 4 is 23.0 Å². The van der Waals surface area contributed by atoms with E-state index in [0.717, 1.165) is 18.6 Å². The molecule has 0 atom stereocenters. The SMILES string of the molecule is COC(=O)c1nc(NCCC2CCC2)c2c(n1)nc(-c1ccccn1)n2Cc1ccc(C(F)(F)F)cc1. The summed E-state index contributed by atoms with van der Waals surface area (Å²) in [5, 5.41) is 3.34. The van der Waals surface area contributed by atoms with Crippen LogP contribution in [0.1, 0.15) is 47.4 Å². The standard InChI is InChI=1S/C26H25F3N6O2/c1-37-25(36)23-32-21(31-14-12-16-5-4-6-16)20-22(33-23)34-24(19-7-2-3-13-30-19)35(20)15-17-8-10-18(11-9-17)26(27,28)29/h2-3,7-11,13,16H,4-6,12,14-15H2,1H3,(H,31,32,33). The number of imidazole rings is 1. The number of halogens is 3. The van der Waals surface area contributed by atoms with Crippen molar-refractivity contribution < 1.29 is 22.7 Å². The predicted molar refractivity (Wildman–Crippen MR) is 131 cm³/mol. The normalized spacial score (nSPS) is 13.9. The van der Waals surface area contributed by atoms with Gasteiger partial charge in [0.2, 0.25) is 5.82 Å². The van der Waals surface area contributed by atoms with Crippen LogP contribution in [0.2, 0.25) is 0 Å². The Morgan fingerprint density at radius 3 is 2.51 bits per heavy atom. The molecule has 0 saturated heterocycles. The number of hydrogen-bond acceptors (Lipinski definition) is 7. The lowest BCUT2D eigenvalue weighted by molar-refractivity contribution is -0.137. The molecule has 1 fully saturated rings. The van der Waals surface area contributed by atoms with E-state index in [1.807, 2.05) is 10.6 Å². The number of methoxy groups -OCH3 is 1. The van der Waals surface area contributed by atoms with Crippen LogP contribution in [0.25, 0.3) is 22.7 Å². The number of aromatic nitrogens is 5. The lowest BCUT2D eigenvalue weighted by Crippen LogP contribution is -2.17. The molecule has 0 aliphatic heterocycles. The number of esters is 1. The van der Waals surface area contributed by atoms with Gasteiger partial charge in [0.1, 0.15) is 11.2 Å². The average Bonchev–Trinajstić information content (AvgIpc) is 3.23. The van der Waals surface area contributed by atoms with Crippen LogP contribution in [0.3, 0.4) is 0 Å². The third kappa shape index (κ3) is 5.25. The van der Waals surface area contributed by atoms with E-state index in [1.165, 1.54) is 38.5 Å². The predicted octanol–water partition coefficient (Wildman–Crippen LogP) is 5.34. The Morgan fingerprint density at radius 2 is 1.89 bits per heavy atom. The fraction of sp³-hybridized carbons (Fsp3) is 0.346. The molecule has 1 saturated carbocycles. The van der Waals surface area contributed by atoms with Gasteiger partial charge in [-0.3, -0.25) is 4.98 Å². The summed E-state index contributed by atoms with van der Waals surface area (Å²) in [7, 11) is 1.25. The monoisotopic (exact) mass is 510 g/mol. The highest BCUT2D eigenvalue weighted by Crippen LogP contribution is 2.32. The number of anilines is 1. The van der Waals surface area contributed by atoms with Crippen molar-refractivity contribution in [3.8, 4) is 11.5 Å². The first-order valence-corrected chi connectivity index (χ1v) is 12.0. The molecule has 0 radical (unpaired) electrons. The van der Waals surface area contributed by atoms with Crippen molar-refractivity contribution in [2.45, 2.75) is 38.4 Å². The summed E-state index contributed by atoms with van der Waals surface area (Å²) < 4.78 is 45.9. The molecule has 1 aliphatic rings. The number of rotatable bonds is 8. The molecule has 37 heavy (non-hydrogen) atoms. The Labute approximate surface area is 210 Å². The van der Waals surface area contributed by atoms with Crippen molar-refractivity contribution in [2.24, 2.45) is 5.92 Å². The van der Waals surface area contributed by atoms with E-state index in [2.05, 4.69) is 25.3 Å². The van der Waals surface area contributed by atoms with Gasteiger partial charge < -0.3 is 14.6 Å². The molecular weight excluding hydrogens is 485 g/mol. The molecule has 5 rings (SSSR count). The van der Waals surface area contributed by atoms with Crippen molar-refractivity contribution in [1.29, 1.82) is 0 Å². The maximum atomic E-state index is 13.1. The van der Waals surface area contributed by atoms with Gasteiger partial charge in [-0.15, -0.1) is 0 Å². The van der Waals surface area contributed by atoms with E-state index in [4.69, 9.17) is 4.74 Å². The summed E-state index contributed by atoms with van der Waals surface area (Å²) in [6.07, 6.45) is 1.80. The lowest BCUT2D eigenvalue weighted by atomic mass is 9.83. The van der Waals surface area contributed by atoms with Crippen LogP contribution in [0.15, 0.2) is 48.7 Å². The first-order valence-electron chi connectivity index (χ1n) is 12.0. The molecule has 1 aliphatic carbocycles. The number of carbonyl (C=O) groups excluding carboxylic acids is 1. The summed E-state index contributed by atoms with van der Waals surface area (Å²) in [6, 6.07) is 10.3. The maximum Gasteiger partial charge on any atom is 0.416 e. The van der Waals surface area contributed by atoms with Gasteiger partial charge in [0.05, 0.1) is 12.7 Å². The van der Waals surface area contributed by atoms with E-state index in [0.29, 0.717) is 40.9 Å². The number of nitrogens with one attached hydrogen (secondary N) is 1. The Balaban J connectivity index is 1.61. The molecule has 4 aromatic rings. The van der Waals surface area contributed by atoms with Gasteiger partial charge in [-0.1, -0.05) is 37.5 Å². The molecule has 11 heteroatoms. The van der Waals surface area contributed by atoms with Crippen LogP contribution in [-0.2, 0) is 17.5 Å². The molecule has 0 unspecified atom stereocenters. The second-order valence-corrected chi connectivity index (χ2v) is 9.00. The second kappa shape index (κ2) is 10.2. The number of hydrogen-bond donors (Lipinski definition) is 1. The van der Waals surface area contributed by atoms with Gasteiger partial charge in [-0.05, 0) is 42.2 Å². The highest BCUT2D eigenvalue weighted by atomic mass is 19.4. The fourth-order valence-electron chi connectivity index (χ4n) is 4.34. The molecule has 8 nitrogen and oxygen atoms in total. The minimum atomic E-state index is -4.42. The molecule has 192 valence electrons. The Hall–Kier alpha value is -4.02. The van der Waals surface area contributed by atoms with Crippen LogP contribution in [-0.4, -0.2) is 44.1 Å². The number of carbonyl (C=O) groups is 1. The number of ether oxygens (including phenoxy) is 1. The zero-order valence-electron chi connectivity index (χ0n) is 20.1. The van der Waals surface area contributed by atoms with E-state index >= 15 is 0 Å². The summed E-state index contributed by atoms with van der Waals surface area (Å²) in [5.74, 6) is 0.694. The Bertz CT molecular complexity index is 1400. The minimum absolute atomic E-state index is 0.132. The first-order chi connectivity index (χ1) is 17.8. The average molecular weight is 511 g/mol. The van der Waals surface area contributed by atoms with Crippen LogP contribution in [0.4, 0.5) is 19.0 Å². The van der Waals surface area contributed by atoms with E-state index in [9.17, 15) is 18.0 Å². The van der Waals surface area contributed by atoms with Gasteiger partial charge in [0.25, 0.3) is 0 Å². The lowest BCUT2D eigenvalue weighted by Gasteiger charge is -2.25. The molecule has 3 aromatic heterocycles. The van der Waals surface area contributed by atoms with E-state index < -0.39 is 17.7 Å². The smallest absolute Gasteiger partial charge is 0.416 e. The quantitative estimate of drug-likeness (QED) is 0.320. The Morgan fingerprint density at radius 1 is 1.11 bits per heavy atom. The van der Waals surface area contributed by atoms with Crippen molar-refractivity contribution in [3.05, 3.63) is 65.6 Å². The minimum Gasteiger partial charge on any atom is -0.463 e. The third-order valence-electron chi connectivity index (χ3n) is 6.56. The fourth-order valence-corrected chi connectivity index (χ4v) is 4.34. The third-order valence-corrected chi connectivity index (χ3v) is 6.56. The highest BCUT2D eigenvalue weighted by Gasteiger charge is 2.30. The van der Waals surface area contributed by atoms with Crippen molar-refractivity contribution in [2.75, 3.05) is 19.0 Å². The second-order valence-electron chi connectivity index (χ2n) is 9.00. The van der Waals surface area contributed by atoms with Crippen LogP contribution in [0, 0.1) is 5.92 Å². The Kier molecular flexibility index (Phi) is 6.77. The number of nitrogens with zero attached hydrogens (tertiary/aromatic N) is 5. The van der Waals surface area contributed by atoms with Crippen LogP contribution < -0.4 is 5.32 Å². The molecule has 0 bridgehead atoms. The highest BCUT2D eigenvalue weighted by molar-refractivity contribution is 5.92.